The van der Waals surface area contributed by atoms with Gasteiger partial charge in [-0.05, 0) is 23.6 Å². The molecular formula is C14H11ClN2. The van der Waals surface area contributed by atoms with Crippen LogP contribution in [-0.4, -0.2) is 9.97 Å². The van der Waals surface area contributed by atoms with Gasteiger partial charge in [0.1, 0.15) is 5.65 Å². The molecule has 84 valence electrons. The number of pyridine rings is 1. The van der Waals surface area contributed by atoms with Gasteiger partial charge in [-0.15, -0.1) is 0 Å². The molecule has 1 aromatic carbocycles. The summed E-state index contributed by atoms with van der Waals surface area (Å²) in [6.07, 6.45) is 4.57. The third kappa shape index (κ3) is 1.92. The Hall–Kier alpha value is -1.80. The molecule has 0 fully saturated rings. The topological polar surface area (TPSA) is 28.7 Å². The Morgan fingerprint density at radius 1 is 1.12 bits per heavy atom. The van der Waals surface area contributed by atoms with Crippen LogP contribution in [0.2, 0.25) is 5.02 Å². The molecule has 2 aromatic heterocycles. The van der Waals surface area contributed by atoms with Gasteiger partial charge < -0.3 is 4.98 Å². The third-order valence-electron chi connectivity index (χ3n) is 2.84. The summed E-state index contributed by atoms with van der Waals surface area (Å²) < 4.78 is 0. The smallest absolute Gasteiger partial charge is 0.139 e. The molecule has 1 N–H and O–H groups in total. The van der Waals surface area contributed by atoms with E-state index in [-0.39, 0.29) is 0 Å². The Balaban J connectivity index is 2.07. The Morgan fingerprint density at radius 2 is 1.94 bits per heavy atom. The van der Waals surface area contributed by atoms with Gasteiger partial charge in [0.15, 0.2) is 0 Å². The van der Waals surface area contributed by atoms with E-state index >= 15 is 0 Å². The zero-order valence-electron chi connectivity index (χ0n) is 9.15. The third-order valence-corrected chi connectivity index (χ3v) is 3.16. The Kier molecular flexibility index (Phi) is 2.57. The Morgan fingerprint density at radius 3 is 2.76 bits per heavy atom. The highest BCUT2D eigenvalue weighted by molar-refractivity contribution is 6.35. The molecule has 0 saturated carbocycles. The lowest BCUT2D eigenvalue weighted by atomic mass is 10.1. The summed E-state index contributed by atoms with van der Waals surface area (Å²) in [6, 6.07) is 12.2. The van der Waals surface area contributed by atoms with E-state index in [1.807, 2.05) is 30.5 Å². The number of H-pyrrole nitrogens is 1. The molecule has 0 amide bonds. The maximum absolute atomic E-state index is 6.21. The lowest BCUT2D eigenvalue weighted by molar-refractivity contribution is 1.21. The quantitative estimate of drug-likeness (QED) is 0.727. The van der Waals surface area contributed by atoms with Gasteiger partial charge in [-0.25, -0.2) is 4.98 Å². The average molecular weight is 243 g/mol. The van der Waals surface area contributed by atoms with Crippen LogP contribution in [0, 0.1) is 0 Å². The molecule has 0 radical (unpaired) electrons. The second-order valence-electron chi connectivity index (χ2n) is 3.99. The van der Waals surface area contributed by atoms with Crippen LogP contribution in [0.5, 0.6) is 0 Å². The fourth-order valence-corrected chi connectivity index (χ4v) is 2.30. The predicted molar refractivity (Wildman–Crippen MR) is 70.4 cm³/mol. The summed E-state index contributed by atoms with van der Waals surface area (Å²) >= 11 is 6.21. The predicted octanol–water partition coefficient (Wildman–Crippen LogP) is 3.81. The number of hydrogen-bond donors (Lipinski definition) is 1. The van der Waals surface area contributed by atoms with Gasteiger partial charge >= 0.3 is 0 Å². The SMILES string of the molecule is Clc1ccnc2[nH]cc(Cc3ccccc3)c12. The summed E-state index contributed by atoms with van der Waals surface area (Å²) in [6.45, 7) is 0. The minimum atomic E-state index is 0.752. The lowest BCUT2D eigenvalue weighted by Gasteiger charge is -2.00. The van der Waals surface area contributed by atoms with Crippen LogP contribution >= 0.6 is 11.6 Å². The molecule has 3 rings (SSSR count). The van der Waals surface area contributed by atoms with Gasteiger partial charge in [0.2, 0.25) is 0 Å². The zero-order valence-corrected chi connectivity index (χ0v) is 9.91. The largest absolute Gasteiger partial charge is 0.346 e. The first kappa shape index (κ1) is 10.4. The van der Waals surface area contributed by atoms with Crippen LogP contribution in [0.15, 0.2) is 48.8 Å². The van der Waals surface area contributed by atoms with Gasteiger partial charge in [-0.3, -0.25) is 0 Å². The van der Waals surface area contributed by atoms with Crippen molar-refractivity contribution in [3.8, 4) is 0 Å². The van der Waals surface area contributed by atoms with E-state index < -0.39 is 0 Å². The number of rotatable bonds is 2. The average Bonchev–Trinajstić information content (AvgIpc) is 2.75. The van der Waals surface area contributed by atoms with Crippen molar-refractivity contribution in [3.05, 3.63) is 64.9 Å². The van der Waals surface area contributed by atoms with Crippen LogP contribution in [-0.2, 0) is 6.42 Å². The van der Waals surface area contributed by atoms with E-state index in [1.165, 1.54) is 11.1 Å². The molecular weight excluding hydrogens is 232 g/mol. The molecule has 2 heterocycles. The van der Waals surface area contributed by atoms with Crippen molar-refractivity contribution in [2.24, 2.45) is 0 Å². The molecule has 0 aliphatic heterocycles. The minimum absolute atomic E-state index is 0.752. The number of nitrogens with zero attached hydrogens (tertiary/aromatic N) is 1. The molecule has 0 aliphatic rings. The zero-order chi connectivity index (χ0) is 11.7. The molecule has 0 bridgehead atoms. The van der Waals surface area contributed by atoms with Crippen molar-refractivity contribution in [3.63, 3.8) is 0 Å². The van der Waals surface area contributed by atoms with Crippen molar-refractivity contribution >= 4 is 22.6 Å². The molecule has 0 spiro atoms. The molecule has 3 heteroatoms. The van der Waals surface area contributed by atoms with Crippen molar-refractivity contribution in [2.45, 2.75) is 6.42 Å². The second kappa shape index (κ2) is 4.22. The summed E-state index contributed by atoms with van der Waals surface area (Å²) in [5.41, 5.74) is 3.31. The first-order valence-corrected chi connectivity index (χ1v) is 5.87. The number of halogens is 1. The highest BCUT2D eigenvalue weighted by atomic mass is 35.5. The summed E-state index contributed by atoms with van der Waals surface area (Å²) in [7, 11) is 0. The van der Waals surface area contributed by atoms with Crippen LogP contribution in [0.25, 0.3) is 11.0 Å². The monoisotopic (exact) mass is 242 g/mol. The van der Waals surface area contributed by atoms with Crippen LogP contribution in [0.3, 0.4) is 0 Å². The maximum atomic E-state index is 6.21. The van der Waals surface area contributed by atoms with Gasteiger partial charge in [0.25, 0.3) is 0 Å². The first-order chi connectivity index (χ1) is 8.34. The summed E-state index contributed by atoms with van der Waals surface area (Å²) in [4.78, 5) is 7.42. The fourth-order valence-electron chi connectivity index (χ4n) is 2.04. The molecule has 0 unspecified atom stereocenters. The van der Waals surface area contributed by atoms with Crippen LogP contribution in [0.1, 0.15) is 11.1 Å². The highest BCUT2D eigenvalue weighted by Gasteiger charge is 2.08. The Labute approximate surface area is 104 Å². The Bertz CT molecular complexity index is 644. The maximum Gasteiger partial charge on any atom is 0.139 e. The number of aromatic nitrogens is 2. The summed E-state index contributed by atoms with van der Waals surface area (Å²) in [5, 5.41) is 1.78. The van der Waals surface area contributed by atoms with Gasteiger partial charge in [0.05, 0.1) is 5.02 Å². The normalized spacial score (nSPS) is 10.9. The van der Waals surface area contributed by atoms with Crippen molar-refractivity contribution in [2.75, 3.05) is 0 Å². The number of hydrogen-bond acceptors (Lipinski definition) is 1. The molecule has 0 saturated heterocycles. The van der Waals surface area contributed by atoms with Crippen molar-refractivity contribution in [1.29, 1.82) is 0 Å². The number of nitrogens with one attached hydrogen (secondary N) is 1. The van der Waals surface area contributed by atoms with E-state index in [9.17, 15) is 0 Å². The molecule has 2 nitrogen and oxygen atoms in total. The molecule has 0 aliphatic carbocycles. The lowest BCUT2D eigenvalue weighted by Crippen LogP contribution is -1.86. The fraction of sp³-hybridized carbons (Fsp3) is 0.0714. The van der Waals surface area contributed by atoms with E-state index in [2.05, 4.69) is 22.1 Å². The molecule has 17 heavy (non-hydrogen) atoms. The van der Waals surface area contributed by atoms with Crippen molar-refractivity contribution in [1.82, 2.24) is 9.97 Å². The number of benzene rings is 1. The summed E-state index contributed by atoms with van der Waals surface area (Å²) in [5.74, 6) is 0. The van der Waals surface area contributed by atoms with E-state index in [1.54, 1.807) is 6.20 Å². The highest BCUT2D eigenvalue weighted by Crippen LogP contribution is 2.26. The van der Waals surface area contributed by atoms with Gasteiger partial charge in [-0.1, -0.05) is 41.9 Å². The standard InChI is InChI=1S/C14H11ClN2/c15-12-6-7-16-14-13(12)11(9-17-14)8-10-4-2-1-3-5-10/h1-7,9H,8H2,(H,16,17). The number of aromatic amines is 1. The van der Waals surface area contributed by atoms with Crippen molar-refractivity contribution < 1.29 is 0 Å². The number of fused-ring (bicyclic) bond motifs is 1. The molecule has 0 atom stereocenters. The first-order valence-electron chi connectivity index (χ1n) is 5.49. The van der Waals surface area contributed by atoms with Gasteiger partial charge in [-0.2, -0.15) is 0 Å². The minimum Gasteiger partial charge on any atom is -0.346 e. The van der Waals surface area contributed by atoms with Crippen LogP contribution in [0.4, 0.5) is 0 Å². The molecule has 3 aromatic rings. The second-order valence-corrected chi connectivity index (χ2v) is 4.40. The van der Waals surface area contributed by atoms with E-state index in [0.717, 1.165) is 22.5 Å². The van der Waals surface area contributed by atoms with E-state index in [0.29, 0.717) is 0 Å². The van der Waals surface area contributed by atoms with Gasteiger partial charge in [0, 0.05) is 17.8 Å². The van der Waals surface area contributed by atoms with E-state index in [4.69, 9.17) is 11.6 Å². The van der Waals surface area contributed by atoms with Crippen LogP contribution < -0.4 is 0 Å².